The van der Waals surface area contributed by atoms with Crippen molar-refractivity contribution >= 4 is 5.69 Å². The van der Waals surface area contributed by atoms with E-state index in [1.807, 2.05) is 6.07 Å². The molecule has 0 saturated carbocycles. The number of hydrogen-bond acceptors (Lipinski definition) is 4. The molecule has 0 radical (unpaired) electrons. The Bertz CT molecular complexity index is 379. The molecule has 4 heteroatoms. The highest BCUT2D eigenvalue weighted by molar-refractivity contribution is 5.64. The molecule has 0 fully saturated rings. The second-order valence-electron chi connectivity index (χ2n) is 2.72. The minimum Gasteiger partial charge on any atom is -0.493 e. The Kier molecular flexibility index (Phi) is 2.38. The van der Waals surface area contributed by atoms with E-state index in [1.54, 1.807) is 13.8 Å². The fraction of sp³-hybridized carbons (Fsp3) is 0.333. The molecule has 68 valence electrons. The van der Waals surface area contributed by atoms with Gasteiger partial charge in [-0.15, -0.1) is 0 Å². The Morgan fingerprint density at radius 3 is 2.46 bits per heavy atom. The molecule has 0 saturated heterocycles. The standard InChI is InChI=1S/C9H11N3O/c1-5-7(4-10)9(13-3)8(11)6(2)12-5/h11H2,1-3H3. The monoisotopic (exact) mass is 177 g/mol. The SMILES string of the molecule is COc1c(N)c(C)nc(C)c1C#N. The highest BCUT2D eigenvalue weighted by atomic mass is 16.5. The molecule has 0 aliphatic heterocycles. The first-order valence-electron chi connectivity index (χ1n) is 3.82. The number of rotatable bonds is 1. The van der Waals surface area contributed by atoms with Gasteiger partial charge in [0.2, 0.25) is 0 Å². The van der Waals surface area contributed by atoms with Crippen molar-refractivity contribution in [3.63, 3.8) is 0 Å². The summed E-state index contributed by atoms with van der Waals surface area (Å²) in [7, 11) is 1.49. The van der Waals surface area contributed by atoms with Gasteiger partial charge in [0.05, 0.1) is 24.2 Å². The van der Waals surface area contributed by atoms with Crippen LogP contribution < -0.4 is 10.5 Å². The fourth-order valence-electron chi connectivity index (χ4n) is 1.17. The lowest BCUT2D eigenvalue weighted by Crippen LogP contribution is -2.03. The normalized spacial score (nSPS) is 9.38. The van der Waals surface area contributed by atoms with E-state index in [0.29, 0.717) is 28.4 Å². The van der Waals surface area contributed by atoms with Gasteiger partial charge in [-0.25, -0.2) is 0 Å². The molecule has 2 N–H and O–H groups in total. The first kappa shape index (κ1) is 9.33. The molecule has 4 nitrogen and oxygen atoms in total. The lowest BCUT2D eigenvalue weighted by molar-refractivity contribution is 0.414. The summed E-state index contributed by atoms with van der Waals surface area (Å²) >= 11 is 0. The first-order valence-corrected chi connectivity index (χ1v) is 3.82. The zero-order valence-electron chi connectivity index (χ0n) is 7.88. The van der Waals surface area contributed by atoms with Crippen molar-refractivity contribution in [2.75, 3.05) is 12.8 Å². The maximum atomic E-state index is 8.82. The quantitative estimate of drug-likeness (QED) is 0.698. The van der Waals surface area contributed by atoms with Gasteiger partial charge >= 0.3 is 0 Å². The highest BCUT2D eigenvalue weighted by Gasteiger charge is 2.13. The zero-order chi connectivity index (χ0) is 10.0. The third-order valence-electron chi connectivity index (χ3n) is 1.87. The molecular formula is C9H11N3O. The molecule has 0 aliphatic carbocycles. The molecule has 1 aromatic heterocycles. The summed E-state index contributed by atoms with van der Waals surface area (Å²) in [4.78, 5) is 4.13. The van der Waals surface area contributed by atoms with Crippen molar-refractivity contribution in [3.05, 3.63) is 17.0 Å². The molecule has 13 heavy (non-hydrogen) atoms. The maximum Gasteiger partial charge on any atom is 0.163 e. The number of methoxy groups -OCH3 is 1. The van der Waals surface area contributed by atoms with E-state index in [4.69, 9.17) is 15.7 Å². The zero-order valence-corrected chi connectivity index (χ0v) is 7.88. The predicted octanol–water partition coefficient (Wildman–Crippen LogP) is 1.16. The lowest BCUT2D eigenvalue weighted by Gasteiger charge is -2.10. The number of pyridine rings is 1. The van der Waals surface area contributed by atoms with E-state index in [9.17, 15) is 0 Å². The van der Waals surface area contributed by atoms with Crippen molar-refractivity contribution < 1.29 is 4.74 Å². The first-order chi connectivity index (χ1) is 6.11. The van der Waals surface area contributed by atoms with Gasteiger partial charge in [0.15, 0.2) is 5.75 Å². The smallest absolute Gasteiger partial charge is 0.163 e. The van der Waals surface area contributed by atoms with Crippen LogP contribution in [0.2, 0.25) is 0 Å². The molecule has 0 spiro atoms. The minimum atomic E-state index is 0.408. The molecule has 0 unspecified atom stereocenters. The molecule has 0 aromatic carbocycles. The second kappa shape index (κ2) is 3.31. The van der Waals surface area contributed by atoms with E-state index in [0.717, 1.165) is 0 Å². The van der Waals surface area contributed by atoms with Crippen LogP contribution in [0.4, 0.5) is 5.69 Å². The summed E-state index contributed by atoms with van der Waals surface area (Å²) in [5.41, 5.74) is 7.88. The minimum absolute atomic E-state index is 0.408. The number of nitriles is 1. The number of nitrogens with zero attached hydrogens (tertiary/aromatic N) is 2. The van der Waals surface area contributed by atoms with Crippen LogP contribution in [0.15, 0.2) is 0 Å². The number of nitrogen functional groups attached to an aromatic ring is 1. The molecule has 0 amide bonds. The Hall–Kier alpha value is -1.76. The van der Waals surface area contributed by atoms with Gasteiger partial charge in [-0.3, -0.25) is 4.98 Å². The van der Waals surface area contributed by atoms with Gasteiger partial charge in [-0.2, -0.15) is 5.26 Å². The Morgan fingerprint density at radius 2 is 2.00 bits per heavy atom. The summed E-state index contributed by atoms with van der Waals surface area (Å²) in [5, 5.41) is 8.82. The summed E-state index contributed by atoms with van der Waals surface area (Å²) < 4.78 is 5.04. The molecule has 1 heterocycles. The van der Waals surface area contributed by atoms with Gasteiger partial charge in [-0.1, -0.05) is 0 Å². The van der Waals surface area contributed by atoms with Crippen LogP contribution in [0.1, 0.15) is 17.0 Å². The average molecular weight is 177 g/mol. The number of hydrogen-bond donors (Lipinski definition) is 1. The molecular weight excluding hydrogens is 166 g/mol. The van der Waals surface area contributed by atoms with Crippen LogP contribution >= 0.6 is 0 Å². The van der Waals surface area contributed by atoms with E-state index in [1.165, 1.54) is 7.11 Å². The highest BCUT2D eigenvalue weighted by Crippen LogP contribution is 2.29. The molecule has 0 bridgehead atoms. The number of aryl methyl sites for hydroxylation is 2. The van der Waals surface area contributed by atoms with Crippen molar-refractivity contribution in [2.45, 2.75) is 13.8 Å². The number of nitrogens with two attached hydrogens (primary N) is 1. The maximum absolute atomic E-state index is 8.82. The Labute approximate surface area is 77.0 Å². The van der Waals surface area contributed by atoms with Crippen molar-refractivity contribution in [3.8, 4) is 11.8 Å². The molecule has 0 atom stereocenters. The van der Waals surface area contributed by atoms with Gasteiger partial charge < -0.3 is 10.5 Å². The Balaban J connectivity index is 3.53. The molecule has 1 rings (SSSR count). The van der Waals surface area contributed by atoms with E-state index in [2.05, 4.69) is 4.98 Å². The number of anilines is 1. The summed E-state index contributed by atoms with van der Waals surface area (Å²) in [6.07, 6.45) is 0. The summed E-state index contributed by atoms with van der Waals surface area (Å²) in [5.74, 6) is 0.424. The summed E-state index contributed by atoms with van der Waals surface area (Å²) in [6.45, 7) is 3.54. The van der Waals surface area contributed by atoms with Gasteiger partial charge in [0, 0.05) is 0 Å². The van der Waals surface area contributed by atoms with Crippen molar-refractivity contribution in [1.82, 2.24) is 4.98 Å². The summed E-state index contributed by atoms with van der Waals surface area (Å²) in [6, 6.07) is 2.02. The van der Waals surface area contributed by atoms with Crippen LogP contribution in [0.25, 0.3) is 0 Å². The fourth-order valence-corrected chi connectivity index (χ4v) is 1.17. The van der Waals surface area contributed by atoms with E-state index < -0.39 is 0 Å². The number of aromatic nitrogens is 1. The Morgan fingerprint density at radius 1 is 1.38 bits per heavy atom. The van der Waals surface area contributed by atoms with Crippen LogP contribution in [-0.2, 0) is 0 Å². The van der Waals surface area contributed by atoms with Crippen molar-refractivity contribution in [2.24, 2.45) is 0 Å². The van der Waals surface area contributed by atoms with Crippen LogP contribution in [0.3, 0.4) is 0 Å². The van der Waals surface area contributed by atoms with E-state index in [-0.39, 0.29) is 0 Å². The molecule has 0 aliphatic rings. The number of ether oxygens (including phenoxy) is 1. The van der Waals surface area contributed by atoms with Gasteiger partial charge in [-0.05, 0) is 13.8 Å². The second-order valence-corrected chi connectivity index (χ2v) is 2.72. The van der Waals surface area contributed by atoms with E-state index >= 15 is 0 Å². The van der Waals surface area contributed by atoms with Gasteiger partial charge in [0.1, 0.15) is 11.6 Å². The molecule has 1 aromatic rings. The lowest BCUT2D eigenvalue weighted by atomic mass is 10.1. The van der Waals surface area contributed by atoms with Crippen LogP contribution in [0, 0.1) is 25.2 Å². The third kappa shape index (κ3) is 1.41. The predicted molar refractivity (Wildman–Crippen MR) is 49.4 cm³/mol. The van der Waals surface area contributed by atoms with Crippen LogP contribution in [0.5, 0.6) is 5.75 Å². The topological polar surface area (TPSA) is 71.9 Å². The van der Waals surface area contributed by atoms with Crippen LogP contribution in [-0.4, -0.2) is 12.1 Å². The average Bonchev–Trinajstić information content (AvgIpc) is 2.10. The van der Waals surface area contributed by atoms with Gasteiger partial charge in [0.25, 0.3) is 0 Å². The van der Waals surface area contributed by atoms with Crippen molar-refractivity contribution in [1.29, 1.82) is 5.26 Å². The largest absolute Gasteiger partial charge is 0.493 e. The third-order valence-corrected chi connectivity index (χ3v) is 1.87.